The fourth-order valence-corrected chi connectivity index (χ4v) is 3.09. The fourth-order valence-electron chi connectivity index (χ4n) is 1.61. The summed E-state index contributed by atoms with van der Waals surface area (Å²) in [6.45, 7) is 0. The summed E-state index contributed by atoms with van der Waals surface area (Å²) >= 11 is 12.9. The van der Waals surface area contributed by atoms with E-state index in [0.29, 0.717) is 4.77 Å². The molecular weight excluding hydrogens is 250 g/mol. The van der Waals surface area contributed by atoms with Gasteiger partial charge in [-0.25, -0.2) is 0 Å². The number of aromatic nitrogens is 3. The molecule has 0 radical (unpaired) electrons. The second kappa shape index (κ2) is 3.37. The van der Waals surface area contributed by atoms with Crippen molar-refractivity contribution in [3.63, 3.8) is 0 Å². The maximum atomic E-state index is 5.95. The molecular formula is C9H6ClN3S2. The van der Waals surface area contributed by atoms with E-state index in [1.54, 1.807) is 11.8 Å². The van der Waals surface area contributed by atoms with Gasteiger partial charge in [0.1, 0.15) is 5.82 Å². The van der Waals surface area contributed by atoms with Crippen molar-refractivity contribution >= 4 is 35.6 Å². The van der Waals surface area contributed by atoms with Gasteiger partial charge in [-0.05, 0) is 30.4 Å². The maximum absolute atomic E-state index is 5.95. The zero-order valence-corrected chi connectivity index (χ0v) is 9.92. The third-order valence-corrected chi connectivity index (χ3v) is 3.81. The minimum atomic E-state index is 0.633. The molecule has 6 heteroatoms. The number of nitrogens with zero attached hydrogens (tertiary/aromatic N) is 2. The van der Waals surface area contributed by atoms with E-state index < -0.39 is 0 Å². The van der Waals surface area contributed by atoms with Gasteiger partial charge in [0, 0.05) is 9.92 Å². The smallest absolute Gasteiger partial charge is 0.199 e. The van der Waals surface area contributed by atoms with Crippen LogP contribution < -0.4 is 0 Å². The Labute approximate surface area is 100 Å². The highest BCUT2D eigenvalue weighted by molar-refractivity contribution is 7.98. The van der Waals surface area contributed by atoms with Crippen molar-refractivity contribution in [1.29, 1.82) is 0 Å². The first kappa shape index (κ1) is 9.45. The summed E-state index contributed by atoms with van der Waals surface area (Å²) in [7, 11) is 0. The number of fused-ring (bicyclic) bond motifs is 3. The molecule has 1 aliphatic heterocycles. The topological polar surface area (TPSA) is 33.6 Å². The van der Waals surface area contributed by atoms with Crippen LogP contribution in [0.5, 0.6) is 0 Å². The van der Waals surface area contributed by atoms with Crippen molar-refractivity contribution in [2.24, 2.45) is 0 Å². The molecule has 0 spiro atoms. The van der Waals surface area contributed by atoms with Crippen molar-refractivity contribution in [3.8, 4) is 5.69 Å². The van der Waals surface area contributed by atoms with Gasteiger partial charge < -0.3 is 0 Å². The van der Waals surface area contributed by atoms with Crippen molar-refractivity contribution in [2.45, 2.75) is 10.6 Å². The second-order valence-electron chi connectivity index (χ2n) is 3.18. The van der Waals surface area contributed by atoms with Gasteiger partial charge in [-0.2, -0.15) is 5.10 Å². The lowest BCUT2D eigenvalue weighted by molar-refractivity contribution is 0.913. The van der Waals surface area contributed by atoms with E-state index in [2.05, 4.69) is 10.2 Å². The van der Waals surface area contributed by atoms with E-state index in [-0.39, 0.29) is 0 Å². The van der Waals surface area contributed by atoms with Gasteiger partial charge in [-0.1, -0.05) is 11.6 Å². The molecule has 1 N–H and O–H groups in total. The SMILES string of the molecule is S=c1[nH]nc2n1-c1ccc(Cl)cc1SC2. The first-order chi connectivity index (χ1) is 7.25. The van der Waals surface area contributed by atoms with Crippen molar-refractivity contribution in [1.82, 2.24) is 14.8 Å². The van der Waals surface area contributed by atoms with E-state index >= 15 is 0 Å². The second-order valence-corrected chi connectivity index (χ2v) is 5.02. The van der Waals surface area contributed by atoms with Crippen molar-refractivity contribution in [2.75, 3.05) is 0 Å². The summed E-state index contributed by atoms with van der Waals surface area (Å²) in [5.41, 5.74) is 1.06. The summed E-state index contributed by atoms with van der Waals surface area (Å²) in [4.78, 5) is 1.15. The van der Waals surface area contributed by atoms with Gasteiger partial charge in [0.15, 0.2) is 4.77 Å². The van der Waals surface area contributed by atoms with Gasteiger partial charge >= 0.3 is 0 Å². The molecule has 2 aromatic rings. The molecule has 3 nitrogen and oxygen atoms in total. The van der Waals surface area contributed by atoms with Crippen LogP contribution in [0.3, 0.4) is 0 Å². The molecule has 1 aromatic carbocycles. The predicted octanol–water partition coefficient (Wildman–Crippen LogP) is 3.19. The molecule has 0 saturated heterocycles. The standard InChI is InChI=1S/C9H6ClN3S2/c10-5-1-2-6-7(3-5)15-4-8-11-12-9(14)13(6)8/h1-3H,4H2,(H,12,14). The molecule has 0 bridgehead atoms. The molecule has 0 amide bonds. The lowest BCUT2D eigenvalue weighted by Gasteiger charge is -2.16. The average Bonchev–Trinajstić information content (AvgIpc) is 2.60. The van der Waals surface area contributed by atoms with Crippen LogP contribution in [0.4, 0.5) is 0 Å². The zero-order chi connectivity index (χ0) is 10.4. The fraction of sp³-hybridized carbons (Fsp3) is 0.111. The molecule has 15 heavy (non-hydrogen) atoms. The summed E-state index contributed by atoms with van der Waals surface area (Å²) < 4.78 is 2.59. The Kier molecular flexibility index (Phi) is 2.12. The Morgan fingerprint density at radius 1 is 1.53 bits per heavy atom. The highest BCUT2D eigenvalue weighted by atomic mass is 35.5. The third-order valence-electron chi connectivity index (χ3n) is 2.26. The first-order valence-electron chi connectivity index (χ1n) is 4.35. The Bertz CT molecular complexity index is 587. The number of H-pyrrole nitrogens is 1. The highest BCUT2D eigenvalue weighted by Gasteiger charge is 2.18. The molecule has 0 unspecified atom stereocenters. The Hall–Kier alpha value is -0.780. The van der Waals surface area contributed by atoms with Gasteiger partial charge in [0.2, 0.25) is 0 Å². The summed E-state index contributed by atoms with van der Waals surface area (Å²) in [6.07, 6.45) is 0. The zero-order valence-electron chi connectivity index (χ0n) is 7.53. The number of thioether (sulfide) groups is 1. The molecule has 0 saturated carbocycles. The Morgan fingerprint density at radius 2 is 2.40 bits per heavy atom. The number of benzene rings is 1. The quantitative estimate of drug-likeness (QED) is 0.734. The molecule has 0 atom stereocenters. The van der Waals surface area contributed by atoms with E-state index in [0.717, 1.165) is 27.2 Å². The van der Waals surface area contributed by atoms with Crippen LogP contribution in [0.1, 0.15) is 5.82 Å². The lowest BCUT2D eigenvalue weighted by atomic mass is 10.3. The van der Waals surface area contributed by atoms with Crippen LogP contribution in [-0.4, -0.2) is 14.8 Å². The monoisotopic (exact) mass is 255 g/mol. The largest absolute Gasteiger partial charge is 0.270 e. The molecule has 1 aliphatic rings. The molecule has 0 fully saturated rings. The van der Waals surface area contributed by atoms with Crippen LogP contribution in [0, 0.1) is 4.77 Å². The third kappa shape index (κ3) is 1.42. The van der Waals surface area contributed by atoms with E-state index in [1.165, 1.54) is 0 Å². The summed E-state index contributed by atoms with van der Waals surface area (Å²) in [5, 5.41) is 7.72. The van der Waals surface area contributed by atoms with Gasteiger partial charge in [-0.3, -0.25) is 9.67 Å². The predicted molar refractivity (Wildman–Crippen MR) is 63.3 cm³/mol. The van der Waals surface area contributed by atoms with Crippen LogP contribution in [-0.2, 0) is 5.75 Å². The number of rotatable bonds is 0. The highest BCUT2D eigenvalue weighted by Crippen LogP contribution is 2.35. The van der Waals surface area contributed by atoms with E-state index in [1.807, 2.05) is 22.8 Å². The van der Waals surface area contributed by atoms with Crippen LogP contribution in [0.25, 0.3) is 5.69 Å². The molecule has 76 valence electrons. The first-order valence-corrected chi connectivity index (χ1v) is 6.12. The number of halogens is 1. The lowest BCUT2D eigenvalue weighted by Crippen LogP contribution is -2.06. The van der Waals surface area contributed by atoms with Crippen LogP contribution in [0.15, 0.2) is 23.1 Å². The normalized spacial score (nSPS) is 13.4. The molecule has 3 rings (SSSR count). The van der Waals surface area contributed by atoms with Gasteiger partial charge in [0.05, 0.1) is 11.4 Å². The van der Waals surface area contributed by atoms with Crippen molar-refractivity contribution < 1.29 is 0 Å². The molecule has 1 aromatic heterocycles. The van der Waals surface area contributed by atoms with Crippen molar-refractivity contribution in [3.05, 3.63) is 33.8 Å². The van der Waals surface area contributed by atoms with E-state index in [4.69, 9.17) is 23.8 Å². The molecule has 2 heterocycles. The minimum absolute atomic E-state index is 0.633. The number of aromatic amines is 1. The number of nitrogens with one attached hydrogen (secondary N) is 1. The Morgan fingerprint density at radius 3 is 3.27 bits per heavy atom. The number of hydrogen-bond acceptors (Lipinski definition) is 3. The van der Waals surface area contributed by atoms with Crippen LogP contribution in [0.2, 0.25) is 5.02 Å². The Balaban J connectivity index is 2.33. The van der Waals surface area contributed by atoms with Crippen LogP contribution >= 0.6 is 35.6 Å². The maximum Gasteiger partial charge on any atom is 0.199 e. The van der Waals surface area contributed by atoms with Gasteiger partial charge in [-0.15, -0.1) is 11.8 Å². The number of hydrogen-bond donors (Lipinski definition) is 1. The minimum Gasteiger partial charge on any atom is -0.270 e. The summed E-state index contributed by atoms with van der Waals surface area (Å²) in [6, 6.07) is 5.79. The molecule has 0 aliphatic carbocycles. The van der Waals surface area contributed by atoms with Gasteiger partial charge in [0.25, 0.3) is 0 Å². The van der Waals surface area contributed by atoms with E-state index in [9.17, 15) is 0 Å². The average molecular weight is 256 g/mol. The summed E-state index contributed by atoms with van der Waals surface area (Å²) in [5.74, 6) is 1.78.